The average molecular weight is 303 g/mol. The van der Waals surface area contributed by atoms with Crippen LogP contribution in [-0.2, 0) is 4.74 Å². The maximum atomic E-state index is 9.96. The van der Waals surface area contributed by atoms with Crippen LogP contribution in [0.2, 0.25) is 5.28 Å². The molecule has 2 aromatic heterocycles. The number of hydrogen-bond donors (Lipinski definition) is 4. The average Bonchev–Trinajstić information content (AvgIpc) is 2.93. The van der Waals surface area contributed by atoms with Crippen LogP contribution < -0.4 is 0 Å². The second-order valence-electron chi connectivity index (χ2n) is 4.37. The Kier molecular flexibility index (Phi) is 3.22. The van der Waals surface area contributed by atoms with Crippen LogP contribution in [0.3, 0.4) is 0 Å². The summed E-state index contributed by atoms with van der Waals surface area (Å²) in [5.74, 6) is -0.398. The zero-order valence-corrected chi connectivity index (χ0v) is 10.7. The SMILES string of the molecule is OC[C@H]1O[C@@H](n2cnc3c(O)nc(Cl)nc32)C(O)C1O. The molecule has 0 aromatic carbocycles. The molecule has 2 aromatic rings. The van der Waals surface area contributed by atoms with Crippen molar-refractivity contribution in [3.8, 4) is 5.88 Å². The van der Waals surface area contributed by atoms with Crippen molar-refractivity contribution in [1.82, 2.24) is 19.5 Å². The van der Waals surface area contributed by atoms with Gasteiger partial charge in [0.05, 0.1) is 12.9 Å². The fraction of sp³-hybridized carbons (Fsp3) is 0.500. The van der Waals surface area contributed by atoms with E-state index in [2.05, 4.69) is 15.0 Å². The van der Waals surface area contributed by atoms with E-state index >= 15 is 0 Å². The van der Waals surface area contributed by atoms with E-state index < -0.39 is 37.0 Å². The third kappa shape index (κ3) is 1.91. The minimum absolute atomic E-state index is 0.0899. The lowest BCUT2D eigenvalue weighted by Crippen LogP contribution is -2.33. The molecule has 0 amide bonds. The molecule has 108 valence electrons. The molecule has 0 radical (unpaired) electrons. The minimum atomic E-state index is -1.28. The summed E-state index contributed by atoms with van der Waals surface area (Å²) >= 11 is 5.66. The molecule has 1 fully saturated rings. The molecule has 10 heteroatoms. The summed E-state index contributed by atoms with van der Waals surface area (Å²) in [4.78, 5) is 11.4. The molecule has 0 saturated carbocycles. The Hall–Kier alpha value is -1.52. The number of rotatable bonds is 2. The maximum Gasteiger partial charge on any atom is 0.244 e. The molecule has 20 heavy (non-hydrogen) atoms. The van der Waals surface area contributed by atoms with E-state index in [0.717, 1.165) is 0 Å². The molecule has 9 nitrogen and oxygen atoms in total. The number of fused-ring (bicyclic) bond motifs is 1. The van der Waals surface area contributed by atoms with E-state index in [9.17, 15) is 15.3 Å². The van der Waals surface area contributed by atoms with Crippen molar-refractivity contribution in [2.24, 2.45) is 0 Å². The van der Waals surface area contributed by atoms with Gasteiger partial charge >= 0.3 is 0 Å². The maximum absolute atomic E-state index is 9.96. The van der Waals surface area contributed by atoms with Crippen molar-refractivity contribution in [3.63, 3.8) is 0 Å². The molecule has 3 heterocycles. The van der Waals surface area contributed by atoms with Crippen LogP contribution in [-0.4, -0.2) is 64.9 Å². The molecular formula is C10H11ClN4O5. The molecule has 4 N–H and O–H groups in total. The smallest absolute Gasteiger partial charge is 0.244 e. The molecule has 0 aliphatic carbocycles. The van der Waals surface area contributed by atoms with Gasteiger partial charge in [-0.15, -0.1) is 0 Å². The Labute approximate surface area is 117 Å². The molecule has 3 rings (SSSR count). The monoisotopic (exact) mass is 302 g/mol. The zero-order chi connectivity index (χ0) is 14.4. The minimum Gasteiger partial charge on any atom is -0.492 e. The first-order valence-electron chi connectivity index (χ1n) is 5.74. The molecule has 2 unspecified atom stereocenters. The van der Waals surface area contributed by atoms with Crippen LogP contribution in [0.1, 0.15) is 6.23 Å². The predicted molar refractivity (Wildman–Crippen MR) is 65.0 cm³/mol. The first-order chi connectivity index (χ1) is 9.52. The summed E-state index contributed by atoms with van der Waals surface area (Å²) in [5, 5.41) is 38.2. The zero-order valence-electron chi connectivity index (χ0n) is 9.96. The van der Waals surface area contributed by atoms with Crippen LogP contribution in [0.5, 0.6) is 5.88 Å². The number of aliphatic hydroxyl groups is 3. The number of imidazole rings is 1. The molecule has 1 aliphatic rings. The Balaban J connectivity index is 2.07. The van der Waals surface area contributed by atoms with Crippen LogP contribution in [0, 0.1) is 0 Å². The first-order valence-corrected chi connectivity index (χ1v) is 6.12. The second kappa shape index (κ2) is 4.79. The second-order valence-corrected chi connectivity index (χ2v) is 4.71. The highest BCUT2D eigenvalue weighted by Gasteiger charge is 2.44. The van der Waals surface area contributed by atoms with Crippen molar-refractivity contribution < 1.29 is 25.2 Å². The van der Waals surface area contributed by atoms with Crippen molar-refractivity contribution in [2.75, 3.05) is 6.61 Å². The van der Waals surface area contributed by atoms with E-state index in [1.54, 1.807) is 0 Å². The third-order valence-electron chi connectivity index (χ3n) is 3.17. The van der Waals surface area contributed by atoms with Gasteiger partial charge in [-0.1, -0.05) is 0 Å². The van der Waals surface area contributed by atoms with Crippen LogP contribution >= 0.6 is 11.6 Å². The van der Waals surface area contributed by atoms with Crippen LogP contribution in [0.25, 0.3) is 11.2 Å². The standard InChI is InChI=1S/C10H11ClN4O5/c11-10-13-7-4(8(19)14-10)12-2-15(7)9-6(18)5(17)3(1-16)20-9/h2-3,5-6,9,16-18H,1H2,(H,13,14,19)/t3-,5?,6?,9-/m1/s1. The molecule has 4 atom stereocenters. The highest BCUT2D eigenvalue weighted by molar-refractivity contribution is 6.28. The Morgan fingerprint density at radius 3 is 2.70 bits per heavy atom. The Morgan fingerprint density at radius 2 is 2.05 bits per heavy atom. The largest absolute Gasteiger partial charge is 0.492 e. The fourth-order valence-corrected chi connectivity index (χ4v) is 2.33. The third-order valence-corrected chi connectivity index (χ3v) is 3.34. The lowest BCUT2D eigenvalue weighted by atomic mass is 10.1. The molecular weight excluding hydrogens is 292 g/mol. The van der Waals surface area contributed by atoms with E-state index in [4.69, 9.17) is 21.4 Å². The van der Waals surface area contributed by atoms with Crippen LogP contribution in [0.15, 0.2) is 6.33 Å². The van der Waals surface area contributed by atoms with Gasteiger partial charge in [-0.2, -0.15) is 9.97 Å². The normalized spacial score (nSPS) is 30.2. The van der Waals surface area contributed by atoms with E-state index in [1.807, 2.05) is 0 Å². The van der Waals surface area contributed by atoms with Gasteiger partial charge in [-0.05, 0) is 11.6 Å². The highest BCUT2D eigenvalue weighted by Crippen LogP contribution is 2.32. The number of nitrogens with zero attached hydrogens (tertiary/aromatic N) is 4. The van der Waals surface area contributed by atoms with Gasteiger partial charge in [0.1, 0.15) is 18.3 Å². The lowest BCUT2D eigenvalue weighted by molar-refractivity contribution is -0.0511. The topological polar surface area (TPSA) is 134 Å². The predicted octanol–water partition coefficient (Wildman–Crippen LogP) is -1.20. The number of aliphatic hydroxyl groups excluding tert-OH is 3. The Morgan fingerprint density at radius 1 is 1.30 bits per heavy atom. The van der Waals surface area contributed by atoms with Gasteiger partial charge in [0, 0.05) is 0 Å². The number of aromatic hydroxyl groups is 1. The van der Waals surface area contributed by atoms with Gasteiger partial charge in [0.25, 0.3) is 0 Å². The summed E-state index contributed by atoms with van der Waals surface area (Å²) in [7, 11) is 0. The van der Waals surface area contributed by atoms with Gasteiger partial charge in [0.2, 0.25) is 11.2 Å². The molecule has 1 aliphatic heterocycles. The van der Waals surface area contributed by atoms with Gasteiger partial charge in [0.15, 0.2) is 17.4 Å². The van der Waals surface area contributed by atoms with Crippen molar-refractivity contribution in [1.29, 1.82) is 0 Å². The van der Waals surface area contributed by atoms with E-state index in [0.29, 0.717) is 0 Å². The number of hydrogen-bond acceptors (Lipinski definition) is 8. The lowest BCUT2D eigenvalue weighted by Gasteiger charge is -2.16. The number of aromatic nitrogens is 4. The van der Waals surface area contributed by atoms with Gasteiger partial charge < -0.3 is 25.2 Å². The number of ether oxygens (including phenoxy) is 1. The van der Waals surface area contributed by atoms with Crippen molar-refractivity contribution in [2.45, 2.75) is 24.5 Å². The molecule has 1 saturated heterocycles. The summed E-state index contributed by atoms with van der Waals surface area (Å²) in [6.07, 6.45) is -3.17. The Bertz CT molecular complexity index is 650. The summed E-state index contributed by atoms with van der Waals surface area (Å²) < 4.78 is 6.67. The van der Waals surface area contributed by atoms with Crippen molar-refractivity contribution >= 4 is 22.8 Å². The number of halogens is 1. The quantitative estimate of drug-likeness (QED) is 0.508. The van der Waals surface area contributed by atoms with Gasteiger partial charge in [-0.3, -0.25) is 4.57 Å². The summed E-state index contributed by atoms with van der Waals surface area (Å²) in [5.41, 5.74) is 0.240. The molecule has 0 spiro atoms. The van der Waals surface area contributed by atoms with E-state index in [-0.39, 0.29) is 16.4 Å². The molecule has 0 bridgehead atoms. The summed E-state index contributed by atoms with van der Waals surface area (Å²) in [6.45, 7) is -0.442. The summed E-state index contributed by atoms with van der Waals surface area (Å²) in [6, 6.07) is 0. The fourth-order valence-electron chi connectivity index (χ4n) is 2.17. The van der Waals surface area contributed by atoms with Crippen LogP contribution in [0.4, 0.5) is 0 Å². The van der Waals surface area contributed by atoms with Gasteiger partial charge in [-0.25, -0.2) is 4.98 Å². The first kappa shape index (κ1) is 13.5. The highest BCUT2D eigenvalue weighted by atomic mass is 35.5. The van der Waals surface area contributed by atoms with E-state index in [1.165, 1.54) is 10.9 Å². The van der Waals surface area contributed by atoms with Crippen molar-refractivity contribution in [3.05, 3.63) is 11.6 Å².